The van der Waals surface area contributed by atoms with Crippen LogP contribution in [0, 0.1) is 13.8 Å². The maximum absolute atomic E-state index is 6.29. The topological polar surface area (TPSA) is 26.3 Å². The van der Waals surface area contributed by atoms with Gasteiger partial charge >= 0.3 is 233 Å². The van der Waals surface area contributed by atoms with E-state index in [4.69, 9.17) is 8.83 Å². The van der Waals surface area contributed by atoms with Crippen LogP contribution < -0.4 is 0 Å². The summed E-state index contributed by atoms with van der Waals surface area (Å²) < 4.78 is 15.7. The van der Waals surface area contributed by atoms with E-state index in [1.807, 2.05) is 13.8 Å². The zero-order valence-corrected chi connectivity index (χ0v) is 25.0. The molecule has 2 aliphatic carbocycles. The van der Waals surface area contributed by atoms with Gasteiger partial charge in [0.25, 0.3) is 0 Å². The summed E-state index contributed by atoms with van der Waals surface area (Å²) in [6, 6.07) is 22.3. The molecule has 2 aromatic carbocycles. The first kappa shape index (κ1) is 24.7. The van der Waals surface area contributed by atoms with Crippen LogP contribution in [0.15, 0.2) is 76.1 Å². The van der Waals surface area contributed by atoms with E-state index < -0.39 is 23.2 Å². The van der Waals surface area contributed by atoms with Gasteiger partial charge < -0.3 is 0 Å². The molecule has 0 saturated carbocycles. The van der Waals surface area contributed by atoms with E-state index >= 15 is 0 Å². The fraction of sp³-hybridized carbons (Fsp3) is 0.294. The van der Waals surface area contributed by atoms with Gasteiger partial charge in [0, 0.05) is 0 Å². The fourth-order valence-corrected chi connectivity index (χ4v) is 10.1. The molecule has 2 unspecified atom stereocenters. The van der Waals surface area contributed by atoms with Crippen molar-refractivity contribution in [2.75, 3.05) is 0 Å². The van der Waals surface area contributed by atoms with Crippen LogP contribution in [0.25, 0.3) is 12.2 Å². The van der Waals surface area contributed by atoms with Crippen LogP contribution in [-0.2, 0) is 23.2 Å². The summed E-state index contributed by atoms with van der Waals surface area (Å²) in [4.78, 5) is 0. The van der Waals surface area contributed by atoms with E-state index in [0.29, 0.717) is 11.8 Å². The Kier molecular flexibility index (Phi) is 6.40. The van der Waals surface area contributed by atoms with Crippen molar-refractivity contribution in [2.24, 2.45) is 0 Å². The van der Waals surface area contributed by atoms with Crippen LogP contribution in [0.4, 0.5) is 0 Å². The van der Waals surface area contributed by atoms with Crippen molar-refractivity contribution in [3.8, 4) is 0 Å². The van der Waals surface area contributed by atoms with Crippen LogP contribution in [0.5, 0.6) is 0 Å². The average Bonchev–Trinajstić information content (AvgIpc) is 3.63. The monoisotopic (exact) mass is 564 g/mol. The standard InChI is InChI=1S/2C17H17O.Zr/c2*1-11(2)13-5-4-6-14-15(13)8-9-16(14)17-10-7-12(3)18-17;/h2*4-8,10-11,16H,1-3H3;. The minimum absolute atomic E-state index is 0.210. The molecule has 186 valence electrons. The van der Waals surface area contributed by atoms with Crippen LogP contribution in [0.2, 0.25) is 0 Å². The Morgan fingerprint density at radius 3 is 1.38 bits per heavy atom. The van der Waals surface area contributed by atoms with Crippen molar-refractivity contribution >= 4 is 12.2 Å². The molecular weight excluding hydrogens is 532 g/mol. The molecule has 6 rings (SSSR count). The van der Waals surface area contributed by atoms with E-state index in [1.165, 1.54) is 33.4 Å². The Morgan fingerprint density at radius 2 is 1.03 bits per heavy atom. The molecule has 2 aliphatic rings. The number of rotatable bonds is 6. The van der Waals surface area contributed by atoms with Crippen molar-refractivity contribution in [2.45, 2.75) is 65.2 Å². The van der Waals surface area contributed by atoms with Gasteiger partial charge in [-0.25, -0.2) is 0 Å². The summed E-state index contributed by atoms with van der Waals surface area (Å²) in [5.74, 6) is 5.50. The molecule has 2 nitrogen and oxygen atoms in total. The quantitative estimate of drug-likeness (QED) is 0.233. The zero-order valence-electron chi connectivity index (χ0n) is 22.6. The van der Waals surface area contributed by atoms with E-state index in [9.17, 15) is 0 Å². The molecule has 3 heteroatoms. The van der Waals surface area contributed by atoms with Crippen molar-refractivity contribution in [1.29, 1.82) is 0 Å². The molecule has 0 aliphatic heterocycles. The van der Waals surface area contributed by atoms with E-state index in [2.05, 4.69) is 101 Å². The van der Waals surface area contributed by atoms with Crippen LogP contribution in [-0.4, -0.2) is 0 Å². The van der Waals surface area contributed by atoms with Gasteiger partial charge in [-0.15, -0.1) is 0 Å². The van der Waals surface area contributed by atoms with Gasteiger partial charge in [-0.3, -0.25) is 0 Å². The molecule has 0 N–H and O–H groups in total. The molecule has 37 heavy (non-hydrogen) atoms. The van der Waals surface area contributed by atoms with Gasteiger partial charge in [-0.1, -0.05) is 0 Å². The Bertz CT molecular complexity index is 1430. The summed E-state index contributed by atoms with van der Waals surface area (Å²) in [5.41, 5.74) is 8.50. The first-order valence-electron chi connectivity index (χ1n) is 13.4. The van der Waals surface area contributed by atoms with Crippen LogP contribution in [0.1, 0.15) is 108 Å². The number of fused-ring (bicyclic) bond motifs is 2. The average molecular weight is 566 g/mol. The molecule has 2 aromatic heterocycles. The second-order valence-electron chi connectivity index (χ2n) is 11.1. The summed E-state index contributed by atoms with van der Waals surface area (Å²) in [6.07, 6.45) is 5.05. The second kappa shape index (κ2) is 9.59. The predicted octanol–water partition coefficient (Wildman–Crippen LogP) is 9.49. The second-order valence-corrected chi connectivity index (χ2v) is 14.5. The van der Waals surface area contributed by atoms with Crippen molar-refractivity contribution < 1.29 is 32.1 Å². The van der Waals surface area contributed by atoms with E-state index in [0.717, 1.165) is 23.0 Å². The summed E-state index contributed by atoms with van der Waals surface area (Å²) >= 11 is -1.18. The normalized spacial score (nSPS) is 18.3. The van der Waals surface area contributed by atoms with Gasteiger partial charge in [0.2, 0.25) is 0 Å². The Morgan fingerprint density at radius 1 is 0.595 bits per heavy atom. The molecule has 0 saturated heterocycles. The third-order valence-corrected chi connectivity index (χ3v) is 11.4. The number of aryl methyl sites for hydroxylation is 2. The molecular formula is C34H34O2Zr. The molecule has 2 atom stereocenters. The summed E-state index contributed by atoms with van der Waals surface area (Å²) in [6.45, 7) is 13.3. The number of allylic oxidation sites excluding steroid dienone is 2. The minimum atomic E-state index is -1.18. The van der Waals surface area contributed by atoms with E-state index in [-0.39, 0.29) is 11.8 Å². The fourth-order valence-electron chi connectivity index (χ4n) is 6.07. The Labute approximate surface area is 232 Å². The van der Waals surface area contributed by atoms with Gasteiger partial charge in [0.15, 0.2) is 0 Å². The first-order valence-corrected chi connectivity index (χ1v) is 15.9. The Balaban J connectivity index is 1.48. The van der Waals surface area contributed by atoms with Crippen molar-refractivity contribution in [3.63, 3.8) is 0 Å². The van der Waals surface area contributed by atoms with Gasteiger partial charge in [0.05, 0.1) is 0 Å². The molecule has 0 radical (unpaired) electrons. The number of hydrogen-bond acceptors (Lipinski definition) is 2. The van der Waals surface area contributed by atoms with Gasteiger partial charge in [0.1, 0.15) is 0 Å². The Hall–Kier alpha value is -2.64. The SMILES string of the molecule is Cc1ccc(C2[C]([Zr][C]3=Cc4c(C(C)C)cccc4C3c3ccc(C)o3)=Cc3c(C(C)C)cccc32)o1. The molecule has 2 heterocycles. The first-order chi connectivity index (χ1) is 17.8. The number of benzene rings is 2. The zero-order chi connectivity index (χ0) is 25.8. The third kappa shape index (κ3) is 4.30. The number of furan rings is 2. The number of hydrogen-bond donors (Lipinski definition) is 0. The summed E-state index contributed by atoms with van der Waals surface area (Å²) in [5, 5.41) is 0. The molecule has 4 aromatic rings. The van der Waals surface area contributed by atoms with Crippen LogP contribution >= 0.6 is 0 Å². The molecule has 0 amide bonds. The van der Waals surface area contributed by atoms with Crippen molar-refractivity contribution in [1.82, 2.24) is 0 Å². The maximum atomic E-state index is 6.29. The third-order valence-electron chi connectivity index (χ3n) is 7.81. The van der Waals surface area contributed by atoms with Crippen molar-refractivity contribution in [3.05, 3.63) is 124 Å². The van der Waals surface area contributed by atoms with E-state index in [1.54, 1.807) is 6.56 Å². The molecule has 0 bridgehead atoms. The summed E-state index contributed by atoms with van der Waals surface area (Å²) in [7, 11) is 0. The molecule has 0 spiro atoms. The van der Waals surface area contributed by atoms with Crippen LogP contribution in [0.3, 0.4) is 0 Å². The van der Waals surface area contributed by atoms with Gasteiger partial charge in [-0.05, 0) is 0 Å². The van der Waals surface area contributed by atoms with Gasteiger partial charge in [-0.2, -0.15) is 0 Å². The molecule has 0 fully saturated rings. The predicted molar refractivity (Wildman–Crippen MR) is 148 cm³/mol.